The van der Waals surface area contributed by atoms with E-state index >= 15 is 0 Å². The molecule has 0 saturated heterocycles. The van der Waals surface area contributed by atoms with Crippen LogP contribution in [0.2, 0.25) is 0 Å². The molecule has 1 spiro atoms. The number of aryl methyl sites for hydroxylation is 1. The van der Waals surface area contributed by atoms with Gasteiger partial charge >= 0.3 is 18.3 Å². The summed E-state index contributed by atoms with van der Waals surface area (Å²) in [6, 6.07) is 6.16. The third-order valence-corrected chi connectivity index (χ3v) is 5.77. The van der Waals surface area contributed by atoms with Crippen molar-refractivity contribution in [2.45, 2.75) is 25.2 Å². The zero-order valence-corrected chi connectivity index (χ0v) is 16.4. The lowest BCUT2D eigenvalue weighted by atomic mass is 10.2. The van der Waals surface area contributed by atoms with Crippen LogP contribution in [0.4, 0.5) is 30.7 Å². The number of pyridine rings is 2. The van der Waals surface area contributed by atoms with Crippen molar-refractivity contribution < 1.29 is 39.9 Å². The molecule has 4 aromatic rings. The zero-order valence-electron chi connectivity index (χ0n) is 16.4. The minimum absolute atomic E-state index is 0.0531. The van der Waals surface area contributed by atoms with Crippen molar-refractivity contribution in [1.82, 2.24) is 19.6 Å². The summed E-state index contributed by atoms with van der Waals surface area (Å²) in [7, 11) is 0. The van der Waals surface area contributed by atoms with Gasteiger partial charge in [0.2, 0.25) is 11.4 Å². The number of aromatic nitrogens is 6. The normalized spacial score (nSPS) is 18.4. The van der Waals surface area contributed by atoms with Crippen molar-refractivity contribution in [2.24, 2.45) is 0 Å². The van der Waals surface area contributed by atoms with Gasteiger partial charge in [0.15, 0.2) is 23.8 Å². The highest BCUT2D eigenvalue weighted by Crippen LogP contribution is 2.41. The van der Waals surface area contributed by atoms with Crippen LogP contribution in [0.3, 0.4) is 0 Å². The van der Waals surface area contributed by atoms with E-state index < -0.39 is 35.3 Å². The standard InChI is InChI=1S/C20H11F7N6/c1-10-6-15-13-7-11(18(22,23)24)2-4-30(13)20(32(15)28-10)31-5-3-12(21)8-14(31)16-9-17(19(25,26)27)29-33(16)20/h2-9H,1H3/q+2. The minimum Gasteiger partial charge on any atom is -0.206 e. The Hall–Kier alpha value is -3.77. The molecule has 2 aliphatic rings. The summed E-state index contributed by atoms with van der Waals surface area (Å²) < 4.78 is 100. The third-order valence-electron chi connectivity index (χ3n) is 5.77. The van der Waals surface area contributed by atoms with Gasteiger partial charge in [-0.25, -0.2) is 4.39 Å². The van der Waals surface area contributed by atoms with Gasteiger partial charge in [0, 0.05) is 30.3 Å². The molecule has 0 fully saturated rings. The Labute approximate surface area is 179 Å². The van der Waals surface area contributed by atoms with E-state index in [4.69, 9.17) is 0 Å². The van der Waals surface area contributed by atoms with Crippen molar-refractivity contribution in [3.8, 4) is 22.8 Å². The van der Waals surface area contributed by atoms with Crippen LogP contribution in [0.15, 0.2) is 48.8 Å². The monoisotopic (exact) mass is 468 g/mol. The van der Waals surface area contributed by atoms with Crippen LogP contribution in [0.5, 0.6) is 0 Å². The van der Waals surface area contributed by atoms with Crippen molar-refractivity contribution in [1.29, 1.82) is 0 Å². The summed E-state index contributed by atoms with van der Waals surface area (Å²) in [6.07, 6.45) is -7.03. The number of nitrogens with zero attached hydrogens (tertiary/aromatic N) is 6. The summed E-state index contributed by atoms with van der Waals surface area (Å²) in [5.41, 5.74) is -1.45. The van der Waals surface area contributed by atoms with Crippen LogP contribution < -0.4 is 9.13 Å². The largest absolute Gasteiger partial charge is 0.583 e. The van der Waals surface area contributed by atoms with Gasteiger partial charge < -0.3 is 0 Å². The first kappa shape index (κ1) is 19.9. The van der Waals surface area contributed by atoms with Gasteiger partial charge in [-0.1, -0.05) is 9.13 Å². The molecule has 1 atom stereocenters. The maximum atomic E-state index is 14.1. The Kier molecular flexibility index (Phi) is 3.48. The quantitative estimate of drug-likeness (QED) is 0.254. The topological polar surface area (TPSA) is 43.4 Å². The molecule has 0 amide bonds. The van der Waals surface area contributed by atoms with Crippen molar-refractivity contribution in [3.05, 3.63) is 71.6 Å². The highest BCUT2D eigenvalue weighted by molar-refractivity contribution is 5.59. The lowest BCUT2D eigenvalue weighted by Gasteiger charge is -2.16. The van der Waals surface area contributed by atoms with Gasteiger partial charge in [0.05, 0.1) is 11.3 Å². The van der Waals surface area contributed by atoms with Crippen LogP contribution in [0.25, 0.3) is 22.8 Å². The number of alkyl halides is 6. The lowest BCUT2D eigenvalue weighted by Crippen LogP contribution is -2.77. The second kappa shape index (κ2) is 5.77. The SMILES string of the molecule is Cc1cc2n(n1)C1(n3nc(C(F)(F)F)cc3-c3cc(F)cc[n+]31)[n+]1ccc(C(F)(F)F)cc1-2. The van der Waals surface area contributed by atoms with Crippen LogP contribution in [0.1, 0.15) is 17.0 Å². The second-order valence-electron chi connectivity index (χ2n) is 7.78. The Bertz CT molecular complexity index is 1480. The highest BCUT2D eigenvalue weighted by atomic mass is 19.4. The molecule has 0 saturated carbocycles. The van der Waals surface area contributed by atoms with Crippen LogP contribution in [-0.2, 0) is 18.3 Å². The Balaban J connectivity index is 1.77. The summed E-state index contributed by atoms with van der Waals surface area (Å²) in [4.78, 5) is 0. The summed E-state index contributed by atoms with van der Waals surface area (Å²) >= 11 is 0. The molecular formula is C20H11F7N6+2. The van der Waals surface area contributed by atoms with E-state index in [2.05, 4.69) is 10.2 Å². The highest BCUT2D eigenvalue weighted by Gasteiger charge is 2.70. The lowest BCUT2D eigenvalue weighted by molar-refractivity contribution is -0.990. The number of fused-ring (bicyclic) bond motifs is 10. The smallest absolute Gasteiger partial charge is 0.206 e. The first-order valence-electron chi connectivity index (χ1n) is 9.53. The predicted octanol–water partition coefficient (Wildman–Crippen LogP) is 3.31. The van der Waals surface area contributed by atoms with E-state index in [1.165, 1.54) is 26.1 Å². The Morgan fingerprint density at radius 3 is 2.06 bits per heavy atom. The molecule has 33 heavy (non-hydrogen) atoms. The molecule has 0 aliphatic carbocycles. The van der Waals surface area contributed by atoms with Gasteiger partial charge in [-0.3, -0.25) is 0 Å². The summed E-state index contributed by atoms with van der Waals surface area (Å²) in [5.74, 6) is -2.50. The maximum absolute atomic E-state index is 14.1. The molecule has 0 aromatic carbocycles. The fourth-order valence-electron chi connectivity index (χ4n) is 4.52. The molecule has 2 aliphatic heterocycles. The molecule has 168 valence electrons. The van der Waals surface area contributed by atoms with E-state index in [1.807, 2.05) is 0 Å². The molecule has 6 nitrogen and oxygen atoms in total. The Morgan fingerprint density at radius 1 is 0.788 bits per heavy atom. The van der Waals surface area contributed by atoms with Crippen LogP contribution in [0, 0.1) is 12.7 Å². The average Bonchev–Trinajstić information content (AvgIpc) is 3.42. The number of hydrogen-bond acceptors (Lipinski definition) is 2. The number of halogens is 7. The molecule has 0 radical (unpaired) electrons. The van der Waals surface area contributed by atoms with Crippen LogP contribution in [-0.4, -0.2) is 19.6 Å². The van der Waals surface area contributed by atoms with Crippen molar-refractivity contribution >= 4 is 0 Å². The van der Waals surface area contributed by atoms with Crippen LogP contribution >= 0.6 is 0 Å². The molecule has 4 aromatic heterocycles. The van der Waals surface area contributed by atoms with Crippen molar-refractivity contribution in [3.63, 3.8) is 0 Å². The maximum Gasteiger partial charge on any atom is 0.583 e. The number of rotatable bonds is 0. The minimum atomic E-state index is -4.80. The molecule has 1 unspecified atom stereocenters. The fourth-order valence-corrected chi connectivity index (χ4v) is 4.52. The first-order valence-corrected chi connectivity index (χ1v) is 9.53. The molecule has 6 heterocycles. The van der Waals surface area contributed by atoms with Gasteiger partial charge in [-0.05, 0) is 13.0 Å². The first-order chi connectivity index (χ1) is 15.4. The van der Waals surface area contributed by atoms with E-state index in [0.29, 0.717) is 5.69 Å². The average molecular weight is 468 g/mol. The van der Waals surface area contributed by atoms with E-state index in [1.54, 1.807) is 6.92 Å². The van der Waals surface area contributed by atoms with Gasteiger partial charge in [-0.15, -0.1) is 9.36 Å². The predicted molar refractivity (Wildman–Crippen MR) is 94.6 cm³/mol. The van der Waals surface area contributed by atoms with Gasteiger partial charge in [-0.2, -0.15) is 36.5 Å². The van der Waals surface area contributed by atoms with E-state index in [9.17, 15) is 30.7 Å². The third kappa shape index (κ3) is 2.39. The zero-order chi connectivity index (χ0) is 23.5. The molecule has 0 N–H and O–H groups in total. The summed E-state index contributed by atoms with van der Waals surface area (Å²) in [5, 5.41) is 8.15. The second-order valence-corrected chi connectivity index (χ2v) is 7.78. The van der Waals surface area contributed by atoms with Gasteiger partial charge in [0.1, 0.15) is 11.5 Å². The van der Waals surface area contributed by atoms with E-state index in [-0.39, 0.29) is 22.8 Å². The molecule has 13 heteroatoms. The van der Waals surface area contributed by atoms with E-state index in [0.717, 1.165) is 41.2 Å². The fraction of sp³-hybridized carbons (Fsp3) is 0.200. The number of hydrogen-bond donors (Lipinski definition) is 0. The Morgan fingerprint density at radius 2 is 1.39 bits per heavy atom. The molecular weight excluding hydrogens is 457 g/mol. The van der Waals surface area contributed by atoms with Gasteiger partial charge in [0.25, 0.3) is 0 Å². The summed E-state index contributed by atoms with van der Waals surface area (Å²) in [6.45, 7) is 1.60. The van der Waals surface area contributed by atoms with Crippen molar-refractivity contribution in [2.75, 3.05) is 0 Å². The molecule has 6 rings (SSSR count). The molecule has 0 bridgehead atoms.